The minimum atomic E-state index is 0.432. The van der Waals surface area contributed by atoms with E-state index in [1.165, 1.54) is 12.8 Å². The number of H-pyrrole nitrogens is 1. The lowest BCUT2D eigenvalue weighted by atomic mass is 10.2. The molecule has 3 rings (SSSR count). The van der Waals surface area contributed by atoms with Crippen LogP contribution in [0.3, 0.4) is 0 Å². The Morgan fingerprint density at radius 1 is 1.47 bits per heavy atom. The van der Waals surface area contributed by atoms with Crippen molar-refractivity contribution in [2.45, 2.75) is 18.9 Å². The van der Waals surface area contributed by atoms with E-state index in [-0.39, 0.29) is 0 Å². The first-order chi connectivity index (χ1) is 7.43. The third kappa shape index (κ3) is 1.66. The van der Waals surface area contributed by atoms with Crippen molar-refractivity contribution in [3.05, 3.63) is 17.3 Å². The van der Waals surface area contributed by atoms with Gasteiger partial charge in [0.1, 0.15) is 10.7 Å². The van der Waals surface area contributed by atoms with Crippen LogP contribution in [0, 0.1) is 0 Å². The fraction of sp³-hybridized carbons (Fsp3) is 0.444. The van der Waals surface area contributed by atoms with Crippen LogP contribution >= 0.6 is 11.3 Å². The highest BCUT2D eigenvalue weighted by Crippen LogP contribution is 2.28. The van der Waals surface area contributed by atoms with Crippen LogP contribution in [0.2, 0.25) is 0 Å². The zero-order chi connectivity index (χ0) is 10.1. The van der Waals surface area contributed by atoms with E-state index in [9.17, 15) is 0 Å². The highest BCUT2D eigenvalue weighted by atomic mass is 32.1. The molecule has 0 amide bonds. The molecule has 2 aromatic rings. The molecule has 2 aromatic heterocycles. The Kier molecular flexibility index (Phi) is 2.22. The zero-order valence-electron chi connectivity index (χ0n) is 8.10. The minimum absolute atomic E-state index is 0.432. The molecule has 1 fully saturated rings. The summed E-state index contributed by atoms with van der Waals surface area (Å²) in [5.74, 6) is 0. The van der Waals surface area contributed by atoms with E-state index < -0.39 is 0 Å². The van der Waals surface area contributed by atoms with E-state index in [1.807, 2.05) is 0 Å². The molecule has 1 saturated heterocycles. The van der Waals surface area contributed by atoms with Crippen molar-refractivity contribution >= 4 is 11.3 Å². The zero-order valence-corrected chi connectivity index (χ0v) is 8.92. The van der Waals surface area contributed by atoms with Crippen LogP contribution in [0.15, 0.2) is 11.6 Å². The standard InChI is InChI=1S/C9H11N5S/c1-2-6(10-3-1)8-5-15-9(12-8)7-4-11-14-13-7/h4-6,10H,1-3H2,(H,11,13,14)/t6-/m0/s1. The predicted octanol–water partition coefficient (Wildman–Crippen LogP) is 1.35. The number of nitrogens with one attached hydrogen (secondary N) is 2. The lowest BCUT2D eigenvalue weighted by Gasteiger charge is -2.04. The van der Waals surface area contributed by atoms with Crippen molar-refractivity contribution in [3.8, 4) is 10.7 Å². The van der Waals surface area contributed by atoms with Gasteiger partial charge < -0.3 is 5.32 Å². The van der Waals surface area contributed by atoms with Gasteiger partial charge in [-0.3, -0.25) is 0 Å². The summed E-state index contributed by atoms with van der Waals surface area (Å²) >= 11 is 1.62. The number of rotatable bonds is 2. The molecule has 78 valence electrons. The third-order valence-corrected chi connectivity index (χ3v) is 3.46. The molecule has 5 nitrogen and oxygen atoms in total. The summed E-state index contributed by atoms with van der Waals surface area (Å²) < 4.78 is 0. The Bertz CT molecular complexity index is 429. The first-order valence-corrected chi connectivity index (χ1v) is 5.86. The van der Waals surface area contributed by atoms with Gasteiger partial charge in [0.25, 0.3) is 0 Å². The second-order valence-electron chi connectivity index (χ2n) is 3.58. The summed E-state index contributed by atoms with van der Waals surface area (Å²) in [7, 11) is 0. The van der Waals surface area contributed by atoms with Crippen LogP contribution in [-0.2, 0) is 0 Å². The van der Waals surface area contributed by atoms with Crippen molar-refractivity contribution in [1.82, 2.24) is 25.7 Å². The van der Waals surface area contributed by atoms with E-state index in [0.29, 0.717) is 6.04 Å². The first kappa shape index (κ1) is 8.99. The van der Waals surface area contributed by atoms with E-state index in [4.69, 9.17) is 0 Å². The molecule has 1 atom stereocenters. The van der Waals surface area contributed by atoms with E-state index in [1.54, 1.807) is 17.5 Å². The molecule has 15 heavy (non-hydrogen) atoms. The van der Waals surface area contributed by atoms with Gasteiger partial charge in [-0.2, -0.15) is 15.4 Å². The van der Waals surface area contributed by atoms with Gasteiger partial charge in [0.15, 0.2) is 0 Å². The molecule has 1 aliphatic rings. The van der Waals surface area contributed by atoms with E-state index in [2.05, 4.69) is 31.1 Å². The summed E-state index contributed by atoms with van der Waals surface area (Å²) in [6, 6.07) is 0.432. The van der Waals surface area contributed by atoms with Gasteiger partial charge in [-0.25, -0.2) is 4.98 Å². The minimum Gasteiger partial charge on any atom is -0.309 e. The van der Waals surface area contributed by atoms with Crippen LogP contribution < -0.4 is 5.32 Å². The third-order valence-electron chi connectivity index (χ3n) is 2.57. The maximum atomic E-state index is 4.57. The highest BCUT2D eigenvalue weighted by molar-refractivity contribution is 7.13. The van der Waals surface area contributed by atoms with Gasteiger partial charge >= 0.3 is 0 Å². The quantitative estimate of drug-likeness (QED) is 0.803. The SMILES string of the molecule is c1n[nH]nc1-c1nc([C@@H]2CCCN2)cs1. The summed E-state index contributed by atoms with van der Waals surface area (Å²) in [6.45, 7) is 1.10. The molecule has 0 aromatic carbocycles. The van der Waals surface area contributed by atoms with Gasteiger partial charge in [0, 0.05) is 5.38 Å². The van der Waals surface area contributed by atoms with Crippen molar-refractivity contribution in [3.63, 3.8) is 0 Å². The van der Waals surface area contributed by atoms with E-state index in [0.717, 1.165) is 22.9 Å². The van der Waals surface area contributed by atoms with Crippen LogP contribution in [0.1, 0.15) is 24.6 Å². The summed E-state index contributed by atoms with van der Waals surface area (Å²) in [5.41, 5.74) is 1.96. The van der Waals surface area contributed by atoms with Gasteiger partial charge in [-0.15, -0.1) is 11.3 Å². The Morgan fingerprint density at radius 3 is 3.20 bits per heavy atom. The summed E-state index contributed by atoms with van der Waals surface area (Å²) in [5, 5.41) is 16.9. The van der Waals surface area contributed by atoms with Crippen molar-refractivity contribution in [2.24, 2.45) is 0 Å². The predicted molar refractivity (Wildman–Crippen MR) is 57.5 cm³/mol. The fourth-order valence-electron chi connectivity index (χ4n) is 1.81. The van der Waals surface area contributed by atoms with Crippen molar-refractivity contribution in [2.75, 3.05) is 6.54 Å². The Balaban J connectivity index is 1.87. The Morgan fingerprint density at radius 2 is 2.47 bits per heavy atom. The lowest BCUT2D eigenvalue weighted by Crippen LogP contribution is -2.12. The largest absolute Gasteiger partial charge is 0.309 e. The molecule has 2 N–H and O–H groups in total. The molecular weight excluding hydrogens is 210 g/mol. The molecule has 0 saturated carbocycles. The maximum Gasteiger partial charge on any atom is 0.145 e. The fourth-order valence-corrected chi connectivity index (χ4v) is 2.63. The summed E-state index contributed by atoms with van der Waals surface area (Å²) in [6.07, 6.45) is 4.12. The molecule has 0 radical (unpaired) electrons. The van der Waals surface area contributed by atoms with Crippen LogP contribution in [0.4, 0.5) is 0 Å². The summed E-state index contributed by atoms with van der Waals surface area (Å²) in [4.78, 5) is 4.57. The topological polar surface area (TPSA) is 66.5 Å². The second-order valence-corrected chi connectivity index (χ2v) is 4.44. The normalized spacial score (nSPS) is 20.9. The number of hydrogen-bond donors (Lipinski definition) is 2. The van der Waals surface area contributed by atoms with Gasteiger partial charge in [0.2, 0.25) is 0 Å². The molecule has 0 bridgehead atoms. The number of aromatic nitrogens is 4. The molecule has 3 heterocycles. The van der Waals surface area contributed by atoms with Gasteiger partial charge in [-0.05, 0) is 19.4 Å². The second kappa shape index (κ2) is 3.71. The Hall–Kier alpha value is -1.27. The number of thiazole rings is 1. The highest BCUT2D eigenvalue weighted by Gasteiger charge is 2.19. The molecule has 1 aliphatic heterocycles. The average Bonchev–Trinajstić information content (AvgIpc) is 3.02. The lowest BCUT2D eigenvalue weighted by molar-refractivity contribution is 0.632. The monoisotopic (exact) mass is 221 g/mol. The van der Waals surface area contributed by atoms with Crippen LogP contribution in [0.5, 0.6) is 0 Å². The number of nitrogens with zero attached hydrogens (tertiary/aromatic N) is 3. The molecule has 0 unspecified atom stereocenters. The van der Waals surface area contributed by atoms with Crippen LogP contribution in [0.25, 0.3) is 10.7 Å². The van der Waals surface area contributed by atoms with Gasteiger partial charge in [-0.1, -0.05) is 0 Å². The van der Waals surface area contributed by atoms with Crippen LogP contribution in [-0.4, -0.2) is 26.9 Å². The first-order valence-electron chi connectivity index (χ1n) is 4.98. The molecule has 0 aliphatic carbocycles. The molecular formula is C9H11N5S. The smallest absolute Gasteiger partial charge is 0.145 e. The van der Waals surface area contributed by atoms with Crippen molar-refractivity contribution < 1.29 is 0 Å². The number of hydrogen-bond acceptors (Lipinski definition) is 5. The Labute approximate surface area is 90.9 Å². The molecule has 6 heteroatoms. The maximum absolute atomic E-state index is 4.57. The number of aromatic amines is 1. The average molecular weight is 221 g/mol. The molecule has 0 spiro atoms. The van der Waals surface area contributed by atoms with Crippen molar-refractivity contribution in [1.29, 1.82) is 0 Å². The van der Waals surface area contributed by atoms with E-state index >= 15 is 0 Å². The van der Waals surface area contributed by atoms with Gasteiger partial charge in [0.05, 0.1) is 17.9 Å².